The number of fused-ring (bicyclic) bond motifs is 1. The van der Waals surface area contributed by atoms with Crippen molar-refractivity contribution in [2.75, 3.05) is 20.3 Å². The van der Waals surface area contributed by atoms with Crippen LogP contribution in [-0.4, -0.2) is 41.5 Å². The maximum absolute atomic E-state index is 12.5. The molecule has 0 N–H and O–H groups in total. The van der Waals surface area contributed by atoms with Crippen molar-refractivity contribution in [1.82, 2.24) is 4.90 Å². The third-order valence-corrected chi connectivity index (χ3v) is 5.08. The van der Waals surface area contributed by atoms with E-state index in [0.717, 1.165) is 16.9 Å². The van der Waals surface area contributed by atoms with Gasteiger partial charge in [-0.1, -0.05) is 42.2 Å². The normalized spacial score (nSPS) is 22.2. The number of ether oxygens (including phenoxy) is 2. The Hall–Kier alpha value is -1.63. The lowest BCUT2D eigenvalue weighted by Crippen LogP contribution is -2.31. The number of methoxy groups -OCH3 is 1. The third kappa shape index (κ3) is 3.34. The van der Waals surface area contributed by atoms with Gasteiger partial charge < -0.3 is 9.47 Å². The van der Waals surface area contributed by atoms with Crippen LogP contribution in [0.2, 0.25) is 0 Å². The average molecular weight is 347 g/mol. The number of carbonyl (C=O) groups excluding carboxylic acids is 1. The van der Waals surface area contributed by atoms with Crippen LogP contribution >= 0.6 is 24.0 Å². The van der Waals surface area contributed by atoms with Gasteiger partial charge in [-0.15, -0.1) is 0 Å². The first-order valence-corrected chi connectivity index (χ1v) is 8.54. The fourth-order valence-electron chi connectivity index (χ4n) is 2.45. The van der Waals surface area contributed by atoms with Crippen LogP contribution in [0.15, 0.2) is 40.8 Å². The van der Waals surface area contributed by atoms with Gasteiger partial charge in [-0.25, -0.2) is 0 Å². The van der Waals surface area contributed by atoms with E-state index in [0.29, 0.717) is 22.4 Å². The number of hydrogen-bond donors (Lipinski definition) is 0. The molecule has 1 fully saturated rings. The minimum atomic E-state index is -0.104. The Morgan fingerprint density at radius 2 is 2.22 bits per heavy atom. The van der Waals surface area contributed by atoms with E-state index in [1.54, 1.807) is 12.0 Å². The Morgan fingerprint density at radius 3 is 3.00 bits per heavy atom. The maximum atomic E-state index is 12.5. The van der Waals surface area contributed by atoms with E-state index in [1.807, 2.05) is 37.3 Å². The molecule has 1 amide bonds. The van der Waals surface area contributed by atoms with Crippen molar-refractivity contribution in [3.05, 3.63) is 46.4 Å². The minimum Gasteiger partial charge on any atom is -0.485 e. The summed E-state index contributed by atoms with van der Waals surface area (Å²) in [4.78, 5) is 14.7. The molecule has 1 atom stereocenters. The molecule has 1 aromatic rings. The average Bonchev–Trinajstić information content (AvgIpc) is 2.80. The monoisotopic (exact) mass is 347 g/mol. The number of thioether (sulfide) groups is 1. The molecule has 0 aromatic heterocycles. The van der Waals surface area contributed by atoms with Gasteiger partial charge in [0.1, 0.15) is 16.2 Å². The molecule has 23 heavy (non-hydrogen) atoms. The van der Waals surface area contributed by atoms with Crippen LogP contribution in [0, 0.1) is 0 Å². The van der Waals surface area contributed by atoms with Crippen molar-refractivity contribution < 1.29 is 14.3 Å². The molecule has 0 unspecified atom stereocenters. The summed E-state index contributed by atoms with van der Waals surface area (Å²) in [5.41, 5.74) is 1.99. The van der Waals surface area contributed by atoms with Gasteiger partial charge in [0.15, 0.2) is 0 Å². The lowest BCUT2D eigenvalue weighted by molar-refractivity contribution is -0.122. The lowest BCUT2D eigenvalue weighted by Gasteiger charge is -2.23. The van der Waals surface area contributed by atoms with Gasteiger partial charge >= 0.3 is 0 Å². The highest BCUT2D eigenvalue weighted by molar-refractivity contribution is 8.26. The topological polar surface area (TPSA) is 38.8 Å². The highest BCUT2D eigenvalue weighted by Crippen LogP contribution is 2.35. The van der Waals surface area contributed by atoms with Crippen molar-refractivity contribution in [2.45, 2.75) is 13.0 Å². The van der Waals surface area contributed by atoms with Crippen LogP contribution in [0.1, 0.15) is 12.5 Å². The van der Waals surface area contributed by atoms with Crippen molar-refractivity contribution in [3.8, 4) is 5.75 Å². The van der Waals surface area contributed by atoms with Crippen LogP contribution in [0.25, 0.3) is 6.08 Å². The Labute approximate surface area is 145 Å². The van der Waals surface area contributed by atoms with E-state index >= 15 is 0 Å². The van der Waals surface area contributed by atoms with Gasteiger partial charge in [-0.05, 0) is 30.7 Å². The fraction of sp³-hybridized carbons (Fsp3) is 0.294. The molecule has 1 aromatic carbocycles. The predicted molar refractivity (Wildman–Crippen MR) is 96.4 cm³/mol. The molecule has 0 aliphatic carbocycles. The highest BCUT2D eigenvalue weighted by atomic mass is 32.2. The van der Waals surface area contributed by atoms with Gasteiger partial charge in [-0.3, -0.25) is 9.69 Å². The molecule has 0 radical (unpaired) electrons. The second-order valence-electron chi connectivity index (χ2n) is 5.27. The van der Waals surface area contributed by atoms with Gasteiger partial charge in [0.2, 0.25) is 0 Å². The lowest BCUT2D eigenvalue weighted by atomic mass is 10.0. The molecule has 0 spiro atoms. The molecule has 3 rings (SSSR count). The van der Waals surface area contributed by atoms with E-state index < -0.39 is 0 Å². The number of amides is 1. The second-order valence-corrected chi connectivity index (χ2v) is 6.94. The van der Waals surface area contributed by atoms with Crippen LogP contribution in [0.4, 0.5) is 0 Å². The second kappa shape index (κ2) is 6.86. The Bertz CT molecular complexity index is 712. The Morgan fingerprint density at radius 1 is 1.43 bits per heavy atom. The standard InChI is InChI=1S/C17H17NO3S2/c1-11-13(9-12-5-3-4-6-14(12)21-11)10-15-16(19)18(7-8-20-2)17(22)23-15/h3-6,9-11H,7-8H2,1-2H3/b15-10-/t11-/m0/s1. The molecule has 1 saturated heterocycles. The number of benzene rings is 1. The molecular formula is C17H17NO3S2. The number of hydrogen-bond acceptors (Lipinski definition) is 5. The van der Waals surface area contributed by atoms with Gasteiger partial charge in [0, 0.05) is 12.7 Å². The summed E-state index contributed by atoms with van der Waals surface area (Å²) in [7, 11) is 1.61. The summed E-state index contributed by atoms with van der Waals surface area (Å²) in [5, 5.41) is 0. The molecular weight excluding hydrogens is 330 g/mol. The molecule has 6 heteroatoms. The van der Waals surface area contributed by atoms with Crippen LogP contribution in [0.3, 0.4) is 0 Å². The van der Waals surface area contributed by atoms with Gasteiger partial charge in [-0.2, -0.15) is 0 Å². The summed E-state index contributed by atoms with van der Waals surface area (Å²) < 4.78 is 11.5. The maximum Gasteiger partial charge on any atom is 0.266 e. The van der Waals surface area contributed by atoms with Gasteiger partial charge in [0.25, 0.3) is 5.91 Å². The third-order valence-electron chi connectivity index (χ3n) is 3.70. The predicted octanol–water partition coefficient (Wildman–Crippen LogP) is 3.24. The zero-order valence-electron chi connectivity index (χ0n) is 12.9. The van der Waals surface area contributed by atoms with E-state index in [4.69, 9.17) is 21.7 Å². The smallest absolute Gasteiger partial charge is 0.266 e. The minimum absolute atomic E-state index is 0.0657. The number of nitrogens with zero attached hydrogens (tertiary/aromatic N) is 1. The zero-order valence-corrected chi connectivity index (χ0v) is 14.6. The van der Waals surface area contributed by atoms with Crippen molar-refractivity contribution in [1.29, 1.82) is 0 Å². The summed E-state index contributed by atoms with van der Waals surface area (Å²) in [6, 6.07) is 7.87. The van der Waals surface area contributed by atoms with Crippen molar-refractivity contribution in [2.24, 2.45) is 0 Å². The highest BCUT2D eigenvalue weighted by Gasteiger charge is 2.32. The molecule has 2 aliphatic heterocycles. The number of rotatable bonds is 4. The fourth-order valence-corrected chi connectivity index (χ4v) is 3.76. The molecule has 0 bridgehead atoms. The summed E-state index contributed by atoms with van der Waals surface area (Å²) in [6.45, 7) is 2.92. The first kappa shape index (κ1) is 16.2. The van der Waals surface area contributed by atoms with E-state index in [9.17, 15) is 4.79 Å². The summed E-state index contributed by atoms with van der Waals surface area (Å²) in [5.74, 6) is 0.800. The van der Waals surface area contributed by atoms with Gasteiger partial charge in [0.05, 0.1) is 18.1 Å². The quantitative estimate of drug-likeness (QED) is 0.618. The summed E-state index contributed by atoms with van der Waals surface area (Å²) in [6.07, 6.45) is 3.84. The van der Waals surface area contributed by atoms with E-state index in [1.165, 1.54) is 11.8 Å². The van der Waals surface area contributed by atoms with Crippen molar-refractivity contribution >= 4 is 40.3 Å². The molecule has 2 aliphatic rings. The molecule has 120 valence electrons. The Balaban J connectivity index is 1.86. The molecule has 2 heterocycles. The first-order valence-electron chi connectivity index (χ1n) is 7.31. The number of carbonyl (C=O) groups is 1. The van der Waals surface area contributed by atoms with E-state index in [-0.39, 0.29) is 12.0 Å². The molecule has 4 nitrogen and oxygen atoms in total. The number of para-hydroxylation sites is 1. The molecule has 0 saturated carbocycles. The zero-order chi connectivity index (χ0) is 16.4. The van der Waals surface area contributed by atoms with Crippen molar-refractivity contribution in [3.63, 3.8) is 0 Å². The Kier molecular flexibility index (Phi) is 4.84. The largest absolute Gasteiger partial charge is 0.485 e. The van der Waals surface area contributed by atoms with Crippen LogP contribution in [-0.2, 0) is 9.53 Å². The first-order chi connectivity index (χ1) is 11.1. The van der Waals surface area contributed by atoms with Crippen LogP contribution < -0.4 is 4.74 Å². The summed E-state index contributed by atoms with van der Waals surface area (Å²) >= 11 is 6.62. The van der Waals surface area contributed by atoms with Crippen LogP contribution in [0.5, 0.6) is 5.75 Å². The van der Waals surface area contributed by atoms with E-state index in [2.05, 4.69) is 6.08 Å². The number of thiocarbonyl (C=S) groups is 1. The SMILES string of the molecule is COCCN1C(=O)/C(=C/C2=Cc3ccccc3O[C@H]2C)SC1=S.